The molecule has 0 saturated heterocycles. The van der Waals surface area contributed by atoms with E-state index in [-0.39, 0.29) is 17.2 Å². The fourth-order valence-corrected chi connectivity index (χ4v) is 3.51. The summed E-state index contributed by atoms with van der Waals surface area (Å²) in [6.45, 7) is 4.48. The quantitative estimate of drug-likeness (QED) is 0.612. The summed E-state index contributed by atoms with van der Waals surface area (Å²) < 4.78 is 14.6. The second-order valence-corrected chi connectivity index (χ2v) is 6.91. The molecule has 5 nitrogen and oxygen atoms in total. The van der Waals surface area contributed by atoms with E-state index in [4.69, 9.17) is 0 Å². The zero-order chi connectivity index (χ0) is 19.2. The van der Waals surface area contributed by atoms with Crippen molar-refractivity contribution in [3.8, 4) is 0 Å². The molecule has 1 N–H and O–H groups in total. The van der Waals surface area contributed by atoms with Crippen molar-refractivity contribution >= 4 is 23.3 Å². The standard InChI is InChI=1S/C20H21FN4OS/c1-3-14-7-11-17(12-8-14)22-18-19(26)25(4-2)20(24-23-18)27-13-15-5-9-16(21)10-6-15/h5-12H,3-4,13H2,1-2H3,(H,22,23). The minimum Gasteiger partial charge on any atom is -0.334 e. The lowest BCUT2D eigenvalue weighted by Gasteiger charge is -2.11. The number of halogens is 1. The lowest BCUT2D eigenvalue weighted by molar-refractivity contribution is 0.597. The Morgan fingerprint density at radius 3 is 2.30 bits per heavy atom. The summed E-state index contributed by atoms with van der Waals surface area (Å²) in [5, 5.41) is 11.9. The molecule has 0 saturated carbocycles. The summed E-state index contributed by atoms with van der Waals surface area (Å²) in [5.74, 6) is 0.517. The second-order valence-electron chi connectivity index (χ2n) is 5.97. The highest BCUT2D eigenvalue weighted by molar-refractivity contribution is 7.98. The molecule has 140 valence electrons. The van der Waals surface area contributed by atoms with Gasteiger partial charge in [0.05, 0.1) is 0 Å². The summed E-state index contributed by atoms with van der Waals surface area (Å²) in [4.78, 5) is 12.7. The number of nitrogens with zero attached hydrogens (tertiary/aromatic N) is 3. The van der Waals surface area contributed by atoms with Crippen LogP contribution < -0.4 is 10.9 Å². The van der Waals surface area contributed by atoms with Crippen LogP contribution in [0, 0.1) is 5.82 Å². The van der Waals surface area contributed by atoms with Crippen LogP contribution in [0.4, 0.5) is 15.9 Å². The molecule has 0 aliphatic carbocycles. The van der Waals surface area contributed by atoms with Crippen molar-refractivity contribution in [2.45, 2.75) is 37.7 Å². The molecule has 3 rings (SSSR count). The van der Waals surface area contributed by atoms with Gasteiger partial charge in [-0.15, -0.1) is 10.2 Å². The minimum atomic E-state index is -0.267. The SMILES string of the molecule is CCc1ccc(Nc2nnc(SCc3ccc(F)cc3)n(CC)c2=O)cc1. The predicted molar refractivity (Wildman–Crippen MR) is 107 cm³/mol. The molecule has 0 amide bonds. The first-order chi connectivity index (χ1) is 13.1. The van der Waals surface area contributed by atoms with Gasteiger partial charge in [0.2, 0.25) is 5.82 Å². The Balaban J connectivity index is 1.77. The van der Waals surface area contributed by atoms with E-state index in [1.54, 1.807) is 16.7 Å². The highest BCUT2D eigenvalue weighted by Gasteiger charge is 2.12. The van der Waals surface area contributed by atoms with Gasteiger partial charge < -0.3 is 5.32 Å². The summed E-state index contributed by atoms with van der Waals surface area (Å²) in [7, 11) is 0. The molecule has 0 radical (unpaired) electrons. The normalized spacial score (nSPS) is 10.8. The topological polar surface area (TPSA) is 59.8 Å². The maximum Gasteiger partial charge on any atom is 0.297 e. The molecular weight excluding hydrogens is 363 g/mol. The Morgan fingerprint density at radius 2 is 1.67 bits per heavy atom. The van der Waals surface area contributed by atoms with Gasteiger partial charge in [0, 0.05) is 18.0 Å². The molecule has 3 aromatic rings. The number of nitrogens with one attached hydrogen (secondary N) is 1. The number of aryl methyl sites for hydroxylation is 1. The zero-order valence-electron chi connectivity index (χ0n) is 15.3. The van der Waals surface area contributed by atoms with Crippen LogP contribution in [0.2, 0.25) is 0 Å². The Bertz CT molecular complexity index is 955. The van der Waals surface area contributed by atoms with Crippen molar-refractivity contribution in [3.63, 3.8) is 0 Å². The van der Waals surface area contributed by atoms with Crippen LogP contribution in [0.15, 0.2) is 58.5 Å². The van der Waals surface area contributed by atoms with Gasteiger partial charge in [0.15, 0.2) is 5.16 Å². The summed E-state index contributed by atoms with van der Waals surface area (Å²) in [6.07, 6.45) is 0.961. The van der Waals surface area contributed by atoms with Crippen LogP contribution in [0.3, 0.4) is 0 Å². The lowest BCUT2D eigenvalue weighted by Crippen LogP contribution is -2.26. The first-order valence-corrected chi connectivity index (χ1v) is 9.80. The Kier molecular flexibility index (Phi) is 6.24. The van der Waals surface area contributed by atoms with E-state index in [0.29, 0.717) is 17.5 Å². The van der Waals surface area contributed by atoms with E-state index in [1.807, 2.05) is 31.2 Å². The van der Waals surface area contributed by atoms with Gasteiger partial charge in [0.25, 0.3) is 5.56 Å². The second kappa shape index (κ2) is 8.81. The third-order valence-electron chi connectivity index (χ3n) is 4.14. The van der Waals surface area contributed by atoms with Crippen molar-refractivity contribution in [1.29, 1.82) is 0 Å². The maximum atomic E-state index is 13.0. The smallest absolute Gasteiger partial charge is 0.297 e. The van der Waals surface area contributed by atoms with Crippen LogP contribution in [-0.2, 0) is 18.7 Å². The highest BCUT2D eigenvalue weighted by atomic mass is 32.2. The van der Waals surface area contributed by atoms with E-state index >= 15 is 0 Å². The third-order valence-corrected chi connectivity index (χ3v) is 5.17. The van der Waals surface area contributed by atoms with Crippen LogP contribution in [0.25, 0.3) is 0 Å². The summed E-state index contributed by atoms with van der Waals surface area (Å²) in [5.41, 5.74) is 2.77. The fraction of sp³-hybridized carbons (Fsp3) is 0.250. The molecule has 0 bridgehead atoms. The van der Waals surface area contributed by atoms with Gasteiger partial charge in [-0.3, -0.25) is 9.36 Å². The van der Waals surface area contributed by atoms with Gasteiger partial charge in [-0.05, 0) is 48.7 Å². The monoisotopic (exact) mass is 384 g/mol. The van der Waals surface area contributed by atoms with Gasteiger partial charge in [-0.2, -0.15) is 0 Å². The highest BCUT2D eigenvalue weighted by Crippen LogP contribution is 2.21. The fourth-order valence-electron chi connectivity index (χ4n) is 2.56. The van der Waals surface area contributed by atoms with Crippen molar-refractivity contribution in [2.24, 2.45) is 0 Å². The van der Waals surface area contributed by atoms with Crippen LogP contribution in [0.5, 0.6) is 0 Å². The van der Waals surface area contributed by atoms with Gasteiger partial charge in [0.1, 0.15) is 5.82 Å². The molecule has 2 aromatic carbocycles. The van der Waals surface area contributed by atoms with Crippen molar-refractivity contribution in [1.82, 2.24) is 14.8 Å². The molecule has 0 spiro atoms. The number of hydrogen-bond donors (Lipinski definition) is 1. The lowest BCUT2D eigenvalue weighted by atomic mass is 10.1. The largest absolute Gasteiger partial charge is 0.334 e. The number of aromatic nitrogens is 3. The average Bonchev–Trinajstić information content (AvgIpc) is 2.70. The molecule has 1 heterocycles. The molecular formula is C20H21FN4OS. The van der Waals surface area contributed by atoms with Crippen molar-refractivity contribution in [2.75, 3.05) is 5.32 Å². The zero-order valence-corrected chi connectivity index (χ0v) is 16.1. The predicted octanol–water partition coefficient (Wildman–Crippen LogP) is 4.40. The van der Waals surface area contributed by atoms with E-state index in [1.165, 1.54) is 29.5 Å². The Morgan fingerprint density at radius 1 is 1.00 bits per heavy atom. The third kappa shape index (κ3) is 4.74. The van der Waals surface area contributed by atoms with Gasteiger partial charge in [-0.1, -0.05) is 43.0 Å². The minimum absolute atomic E-state index is 0.201. The summed E-state index contributed by atoms with van der Waals surface area (Å²) >= 11 is 1.40. The van der Waals surface area contributed by atoms with Gasteiger partial charge >= 0.3 is 0 Å². The number of hydrogen-bond acceptors (Lipinski definition) is 5. The average molecular weight is 384 g/mol. The van der Waals surface area contributed by atoms with Gasteiger partial charge in [-0.25, -0.2) is 4.39 Å². The molecule has 0 unspecified atom stereocenters. The molecule has 27 heavy (non-hydrogen) atoms. The maximum absolute atomic E-state index is 13.0. The number of thioether (sulfide) groups is 1. The molecule has 0 fully saturated rings. The molecule has 1 aromatic heterocycles. The van der Waals surface area contributed by atoms with E-state index in [0.717, 1.165) is 17.7 Å². The Hall–Kier alpha value is -2.67. The van der Waals surface area contributed by atoms with Crippen LogP contribution >= 0.6 is 11.8 Å². The molecule has 7 heteroatoms. The molecule has 0 aliphatic heterocycles. The van der Waals surface area contributed by atoms with E-state index < -0.39 is 0 Å². The Labute approximate surface area is 161 Å². The summed E-state index contributed by atoms with van der Waals surface area (Å²) in [6, 6.07) is 14.2. The number of rotatable bonds is 7. The van der Waals surface area contributed by atoms with E-state index in [2.05, 4.69) is 22.4 Å². The van der Waals surface area contributed by atoms with Crippen LogP contribution in [0.1, 0.15) is 25.0 Å². The number of benzene rings is 2. The molecule has 0 atom stereocenters. The van der Waals surface area contributed by atoms with Crippen LogP contribution in [-0.4, -0.2) is 14.8 Å². The first kappa shape index (κ1) is 19.1. The van der Waals surface area contributed by atoms with Crippen molar-refractivity contribution in [3.05, 3.63) is 75.8 Å². The van der Waals surface area contributed by atoms with E-state index in [9.17, 15) is 9.18 Å². The first-order valence-electron chi connectivity index (χ1n) is 8.81. The molecule has 0 aliphatic rings. The van der Waals surface area contributed by atoms with Crippen molar-refractivity contribution < 1.29 is 4.39 Å². The number of anilines is 2.